The molecule has 2 aromatic carbocycles. The van der Waals surface area contributed by atoms with Crippen molar-refractivity contribution >= 4 is 17.1 Å². The molecule has 0 bridgehead atoms. The average molecular weight is 347 g/mol. The zero-order valence-electron chi connectivity index (χ0n) is 14.3. The number of aromatic nitrogens is 2. The Kier molecular flexibility index (Phi) is 3.73. The van der Waals surface area contributed by atoms with E-state index in [1.165, 1.54) is 6.21 Å². The van der Waals surface area contributed by atoms with E-state index in [9.17, 15) is 10.3 Å². The van der Waals surface area contributed by atoms with Crippen LogP contribution in [-0.2, 0) is 0 Å². The van der Waals surface area contributed by atoms with E-state index < -0.39 is 0 Å². The molecule has 0 spiro atoms. The van der Waals surface area contributed by atoms with E-state index in [1.807, 2.05) is 50.2 Å². The Hall–Kier alpha value is -3.54. The van der Waals surface area contributed by atoms with Gasteiger partial charge in [-0.05, 0) is 44.2 Å². The summed E-state index contributed by atoms with van der Waals surface area (Å²) in [7, 11) is 0. The lowest BCUT2D eigenvalue weighted by Gasteiger charge is -2.12. The molecule has 0 saturated carbocycles. The second kappa shape index (κ2) is 6.07. The molecule has 0 aliphatic rings. The number of phenolic OH excluding ortho intramolecular Hbond substituents is 1. The quantitative estimate of drug-likeness (QED) is 0.326. The lowest BCUT2D eigenvalue weighted by molar-refractivity contribution is 0.322. The molecule has 0 atom stereocenters. The second-order valence-electron chi connectivity index (χ2n) is 6.07. The lowest BCUT2D eigenvalue weighted by Crippen LogP contribution is -1.99. The van der Waals surface area contributed by atoms with Crippen LogP contribution in [0.2, 0.25) is 0 Å². The Labute approximate surface area is 149 Å². The lowest BCUT2D eigenvalue weighted by atomic mass is 10.0. The van der Waals surface area contributed by atoms with Crippen LogP contribution in [-0.4, -0.2) is 26.3 Å². The predicted octanol–water partition coefficient (Wildman–Crippen LogP) is 4.42. The third-order valence-corrected chi connectivity index (χ3v) is 4.48. The molecule has 2 heterocycles. The number of rotatable bonds is 3. The molecule has 0 amide bonds. The van der Waals surface area contributed by atoms with Crippen molar-refractivity contribution in [2.24, 2.45) is 5.16 Å². The van der Waals surface area contributed by atoms with E-state index in [4.69, 9.17) is 4.52 Å². The Morgan fingerprint density at radius 3 is 2.46 bits per heavy atom. The van der Waals surface area contributed by atoms with Crippen LogP contribution in [0, 0.1) is 13.8 Å². The first-order valence-electron chi connectivity index (χ1n) is 8.15. The molecule has 0 aliphatic heterocycles. The molecule has 26 heavy (non-hydrogen) atoms. The second-order valence-corrected chi connectivity index (χ2v) is 6.07. The summed E-state index contributed by atoms with van der Waals surface area (Å²) in [5.41, 5.74) is 5.01. The predicted molar refractivity (Wildman–Crippen MR) is 99.3 cm³/mol. The highest BCUT2D eigenvalue weighted by molar-refractivity contribution is 6.07. The molecule has 0 unspecified atom stereocenters. The van der Waals surface area contributed by atoms with Crippen molar-refractivity contribution in [2.75, 3.05) is 0 Å². The number of para-hydroxylation sites is 1. The molecule has 0 aliphatic carbocycles. The van der Waals surface area contributed by atoms with Gasteiger partial charge in [0.2, 0.25) is 0 Å². The minimum Gasteiger partial charge on any atom is -0.508 e. The van der Waals surface area contributed by atoms with Crippen molar-refractivity contribution in [3.8, 4) is 22.7 Å². The number of oxime groups is 1. The average Bonchev–Trinajstić information content (AvgIpc) is 3.13. The smallest absolute Gasteiger partial charge is 0.143 e. The van der Waals surface area contributed by atoms with Crippen molar-refractivity contribution in [3.05, 3.63) is 65.5 Å². The summed E-state index contributed by atoms with van der Waals surface area (Å²) < 4.78 is 7.43. The largest absolute Gasteiger partial charge is 0.508 e. The summed E-state index contributed by atoms with van der Waals surface area (Å²) in [6, 6.07) is 14.8. The summed E-state index contributed by atoms with van der Waals surface area (Å²) >= 11 is 0. The molecule has 0 saturated heterocycles. The molecule has 6 heteroatoms. The molecule has 0 radical (unpaired) electrons. The fraction of sp³-hybridized carbons (Fsp3) is 0.100. The molecule has 4 aromatic rings. The van der Waals surface area contributed by atoms with Crippen LogP contribution in [0.5, 0.6) is 5.75 Å². The van der Waals surface area contributed by atoms with Gasteiger partial charge in [-0.1, -0.05) is 28.5 Å². The monoisotopic (exact) mass is 347 g/mol. The Morgan fingerprint density at radius 1 is 1.08 bits per heavy atom. The fourth-order valence-electron chi connectivity index (χ4n) is 3.39. The molecule has 6 nitrogen and oxygen atoms in total. The normalized spacial score (nSPS) is 11.6. The van der Waals surface area contributed by atoms with Gasteiger partial charge in [0, 0.05) is 16.6 Å². The van der Waals surface area contributed by atoms with E-state index in [-0.39, 0.29) is 5.75 Å². The number of hydrogen-bond acceptors (Lipinski definition) is 5. The minimum atomic E-state index is 0.196. The Morgan fingerprint density at radius 2 is 1.81 bits per heavy atom. The minimum absolute atomic E-state index is 0.196. The number of benzene rings is 2. The third-order valence-electron chi connectivity index (χ3n) is 4.48. The summed E-state index contributed by atoms with van der Waals surface area (Å²) in [6.07, 6.45) is 1.43. The van der Waals surface area contributed by atoms with Crippen molar-refractivity contribution in [3.63, 3.8) is 0 Å². The van der Waals surface area contributed by atoms with Crippen LogP contribution < -0.4 is 0 Å². The van der Waals surface area contributed by atoms with Gasteiger partial charge in [0.1, 0.15) is 11.5 Å². The van der Waals surface area contributed by atoms with E-state index in [2.05, 4.69) is 14.9 Å². The summed E-state index contributed by atoms with van der Waals surface area (Å²) in [4.78, 5) is 0. The van der Waals surface area contributed by atoms with Crippen molar-refractivity contribution < 1.29 is 14.8 Å². The number of nitrogens with zero attached hydrogens (tertiary/aromatic N) is 3. The fourth-order valence-corrected chi connectivity index (χ4v) is 3.39. The highest BCUT2D eigenvalue weighted by Gasteiger charge is 2.24. The van der Waals surface area contributed by atoms with Crippen LogP contribution in [0.3, 0.4) is 0 Å². The van der Waals surface area contributed by atoms with E-state index in [1.54, 1.807) is 12.1 Å². The highest BCUT2D eigenvalue weighted by Crippen LogP contribution is 2.38. The van der Waals surface area contributed by atoms with Crippen LogP contribution >= 0.6 is 0 Å². The summed E-state index contributed by atoms with van der Waals surface area (Å²) in [6.45, 7) is 3.73. The molecular weight excluding hydrogens is 330 g/mol. The van der Waals surface area contributed by atoms with E-state index in [0.29, 0.717) is 5.76 Å². The first kappa shape index (κ1) is 16.0. The maximum Gasteiger partial charge on any atom is 0.143 e. The summed E-state index contributed by atoms with van der Waals surface area (Å²) in [5.74, 6) is 0.874. The van der Waals surface area contributed by atoms with Crippen LogP contribution in [0.1, 0.15) is 17.0 Å². The van der Waals surface area contributed by atoms with Crippen LogP contribution in [0.15, 0.2) is 58.2 Å². The maximum absolute atomic E-state index is 9.66. The number of phenols is 1. The van der Waals surface area contributed by atoms with Gasteiger partial charge in [-0.25, -0.2) is 0 Å². The Balaban J connectivity index is 2.19. The molecule has 0 fully saturated rings. The maximum atomic E-state index is 9.66. The first-order valence-corrected chi connectivity index (χ1v) is 8.15. The Bertz CT molecular complexity index is 1100. The van der Waals surface area contributed by atoms with Gasteiger partial charge in [0.15, 0.2) is 0 Å². The van der Waals surface area contributed by atoms with Gasteiger partial charge in [-0.2, -0.15) is 0 Å². The topological polar surface area (TPSA) is 83.8 Å². The van der Waals surface area contributed by atoms with Gasteiger partial charge < -0.3 is 19.4 Å². The highest BCUT2D eigenvalue weighted by atomic mass is 16.5. The van der Waals surface area contributed by atoms with Gasteiger partial charge in [-0.3, -0.25) is 0 Å². The van der Waals surface area contributed by atoms with E-state index >= 15 is 0 Å². The third kappa shape index (κ3) is 2.35. The number of aromatic hydroxyl groups is 1. The van der Waals surface area contributed by atoms with Crippen LogP contribution in [0.4, 0.5) is 0 Å². The molecular formula is C20H17N3O3. The van der Waals surface area contributed by atoms with Crippen molar-refractivity contribution in [1.82, 2.24) is 9.72 Å². The molecule has 2 aromatic heterocycles. The van der Waals surface area contributed by atoms with Crippen molar-refractivity contribution in [2.45, 2.75) is 13.8 Å². The standard InChI is InChI=1S/C20H17N3O3/c1-12-19(13(2)26-22-12)20-17(11-21-25)16-5-3-4-6-18(16)23(20)14-7-9-15(24)10-8-14/h3-11,24-25H,1-2H3. The number of aryl methyl sites for hydroxylation is 2. The molecule has 130 valence electrons. The zero-order chi connectivity index (χ0) is 18.3. The van der Waals surface area contributed by atoms with Gasteiger partial charge in [-0.15, -0.1) is 0 Å². The summed E-state index contributed by atoms with van der Waals surface area (Å²) in [5, 5.41) is 27.2. The number of hydrogen-bond donors (Lipinski definition) is 2. The van der Waals surface area contributed by atoms with Crippen molar-refractivity contribution in [1.29, 1.82) is 0 Å². The van der Waals surface area contributed by atoms with E-state index in [0.717, 1.165) is 39.1 Å². The first-order chi connectivity index (χ1) is 12.6. The van der Waals surface area contributed by atoms with Gasteiger partial charge in [0.25, 0.3) is 0 Å². The van der Waals surface area contributed by atoms with Gasteiger partial charge in [0.05, 0.1) is 28.7 Å². The zero-order valence-corrected chi connectivity index (χ0v) is 14.3. The molecule has 4 rings (SSSR count). The SMILES string of the molecule is Cc1noc(C)c1-c1c(C=NO)c2ccccc2n1-c1ccc(O)cc1. The molecule has 2 N–H and O–H groups in total. The van der Waals surface area contributed by atoms with Gasteiger partial charge >= 0.3 is 0 Å². The number of fused-ring (bicyclic) bond motifs is 1. The van der Waals surface area contributed by atoms with Crippen LogP contribution in [0.25, 0.3) is 27.8 Å².